The lowest BCUT2D eigenvalue weighted by Crippen LogP contribution is -2.38. The van der Waals surface area contributed by atoms with E-state index < -0.39 is 5.60 Å². The summed E-state index contributed by atoms with van der Waals surface area (Å²) >= 11 is 0. The minimum Gasteiger partial charge on any atom is -0.389 e. The number of halogens is 1. The molecule has 1 aromatic carbocycles. The van der Waals surface area contributed by atoms with Gasteiger partial charge in [0.2, 0.25) is 0 Å². The van der Waals surface area contributed by atoms with E-state index in [1.54, 1.807) is 61.3 Å². The molecule has 3 aromatic heterocycles. The maximum atomic E-state index is 14.0. The number of aliphatic hydroxyl groups is 1. The molecule has 0 radical (unpaired) electrons. The van der Waals surface area contributed by atoms with E-state index in [0.717, 1.165) is 0 Å². The molecule has 10 heteroatoms. The average molecular weight is 435 g/mol. The van der Waals surface area contributed by atoms with E-state index in [1.165, 1.54) is 12.3 Å². The van der Waals surface area contributed by atoms with Crippen LogP contribution in [0.5, 0.6) is 0 Å². The Morgan fingerprint density at radius 2 is 2.00 bits per heavy atom. The van der Waals surface area contributed by atoms with E-state index in [2.05, 4.69) is 30.7 Å². The van der Waals surface area contributed by atoms with Crippen LogP contribution < -0.4 is 5.32 Å². The summed E-state index contributed by atoms with van der Waals surface area (Å²) in [5.41, 5.74) is 1.55. The number of aromatic nitrogens is 6. The first-order chi connectivity index (χ1) is 15.3. The van der Waals surface area contributed by atoms with Crippen molar-refractivity contribution in [3.05, 3.63) is 77.8 Å². The highest BCUT2D eigenvalue weighted by atomic mass is 19.1. The van der Waals surface area contributed by atoms with Crippen LogP contribution >= 0.6 is 0 Å². The van der Waals surface area contributed by atoms with E-state index in [9.17, 15) is 14.3 Å². The zero-order valence-corrected chi connectivity index (χ0v) is 17.6. The molecule has 9 nitrogen and oxygen atoms in total. The van der Waals surface area contributed by atoms with Crippen LogP contribution in [0.4, 0.5) is 4.39 Å². The van der Waals surface area contributed by atoms with Crippen LogP contribution in [-0.2, 0) is 6.42 Å². The molecule has 0 atom stereocenters. The van der Waals surface area contributed by atoms with Gasteiger partial charge in [0.15, 0.2) is 0 Å². The van der Waals surface area contributed by atoms with Crippen molar-refractivity contribution in [3.63, 3.8) is 0 Å². The number of carbonyl (C=O) groups excluding carboxylic acids is 1. The summed E-state index contributed by atoms with van der Waals surface area (Å²) in [7, 11) is 0. The number of carbonyl (C=O) groups is 1. The maximum Gasteiger partial charge on any atom is 0.252 e. The van der Waals surface area contributed by atoms with Crippen molar-refractivity contribution in [2.45, 2.75) is 25.9 Å². The third kappa shape index (κ3) is 4.86. The third-order valence-corrected chi connectivity index (χ3v) is 4.72. The number of pyridine rings is 1. The van der Waals surface area contributed by atoms with Crippen molar-refractivity contribution in [2.24, 2.45) is 0 Å². The number of aromatic amines is 1. The average Bonchev–Trinajstić information content (AvgIpc) is 3.43. The van der Waals surface area contributed by atoms with Crippen LogP contribution in [0.3, 0.4) is 0 Å². The number of hydrogen-bond acceptors (Lipinski definition) is 6. The first-order valence-electron chi connectivity index (χ1n) is 9.94. The molecule has 0 saturated carbocycles. The highest BCUT2D eigenvalue weighted by molar-refractivity contribution is 5.94. The van der Waals surface area contributed by atoms with Crippen molar-refractivity contribution in [1.82, 2.24) is 35.3 Å². The highest BCUT2D eigenvalue weighted by Crippen LogP contribution is 2.22. The summed E-state index contributed by atoms with van der Waals surface area (Å²) in [6.07, 6.45) is 5.04. The number of benzene rings is 1. The number of nitrogens with one attached hydrogen (secondary N) is 2. The minimum absolute atomic E-state index is 0.130. The van der Waals surface area contributed by atoms with E-state index in [1.807, 2.05) is 0 Å². The maximum absolute atomic E-state index is 14.0. The lowest BCUT2D eigenvalue weighted by Gasteiger charge is -2.17. The van der Waals surface area contributed by atoms with Gasteiger partial charge in [0.05, 0.1) is 16.9 Å². The number of rotatable bonds is 7. The fourth-order valence-corrected chi connectivity index (χ4v) is 3.05. The van der Waals surface area contributed by atoms with Gasteiger partial charge >= 0.3 is 0 Å². The van der Waals surface area contributed by atoms with E-state index in [0.29, 0.717) is 34.0 Å². The molecule has 0 unspecified atom stereocenters. The van der Waals surface area contributed by atoms with Gasteiger partial charge in [-0.1, -0.05) is 18.2 Å². The van der Waals surface area contributed by atoms with Crippen LogP contribution in [-0.4, -0.2) is 53.1 Å². The van der Waals surface area contributed by atoms with Gasteiger partial charge in [-0.05, 0) is 37.6 Å². The molecule has 3 N–H and O–H groups in total. The van der Waals surface area contributed by atoms with E-state index >= 15 is 0 Å². The Labute approximate surface area is 183 Å². The SMILES string of the molecule is CC(C)(O)CNC(=O)c1ccc(-n2cnc(-c3n[nH]nc3Cc3ccccc3F)c2)nc1. The number of imidazole rings is 1. The van der Waals surface area contributed by atoms with Gasteiger partial charge in [0, 0.05) is 25.4 Å². The van der Waals surface area contributed by atoms with Gasteiger partial charge in [-0.2, -0.15) is 15.4 Å². The summed E-state index contributed by atoms with van der Waals surface area (Å²) in [5.74, 6) is -0.0670. The van der Waals surface area contributed by atoms with Gasteiger partial charge in [-0.3, -0.25) is 9.36 Å². The number of amides is 1. The molecule has 3 heterocycles. The van der Waals surface area contributed by atoms with Crippen molar-refractivity contribution >= 4 is 5.91 Å². The smallest absolute Gasteiger partial charge is 0.252 e. The third-order valence-electron chi connectivity index (χ3n) is 4.72. The van der Waals surface area contributed by atoms with Crippen molar-refractivity contribution < 1.29 is 14.3 Å². The first kappa shape index (κ1) is 21.3. The molecule has 4 rings (SSSR count). The molecule has 0 spiro atoms. The molecular weight excluding hydrogens is 413 g/mol. The quantitative estimate of drug-likeness (QED) is 0.409. The lowest BCUT2D eigenvalue weighted by molar-refractivity contribution is 0.0694. The molecular formula is C22H22FN7O2. The predicted octanol–water partition coefficient (Wildman–Crippen LogP) is 2.28. The van der Waals surface area contributed by atoms with E-state index in [4.69, 9.17) is 0 Å². The normalized spacial score (nSPS) is 11.5. The van der Waals surface area contributed by atoms with Gasteiger partial charge < -0.3 is 10.4 Å². The largest absolute Gasteiger partial charge is 0.389 e. The summed E-state index contributed by atoms with van der Waals surface area (Å²) in [6, 6.07) is 9.85. The Morgan fingerprint density at radius 1 is 1.19 bits per heavy atom. The molecule has 0 aliphatic rings. The van der Waals surface area contributed by atoms with Crippen LogP contribution in [0.2, 0.25) is 0 Å². The van der Waals surface area contributed by atoms with Gasteiger partial charge in [0.1, 0.15) is 29.4 Å². The molecule has 32 heavy (non-hydrogen) atoms. The van der Waals surface area contributed by atoms with Gasteiger partial charge in [0.25, 0.3) is 5.91 Å². The Hall–Kier alpha value is -3.92. The van der Waals surface area contributed by atoms with Crippen LogP contribution in [0, 0.1) is 5.82 Å². The fourth-order valence-electron chi connectivity index (χ4n) is 3.05. The predicted molar refractivity (Wildman–Crippen MR) is 115 cm³/mol. The number of nitrogens with zero attached hydrogens (tertiary/aromatic N) is 5. The lowest BCUT2D eigenvalue weighted by atomic mass is 10.1. The molecule has 1 amide bonds. The Morgan fingerprint density at radius 3 is 2.72 bits per heavy atom. The number of hydrogen-bond donors (Lipinski definition) is 3. The summed E-state index contributed by atoms with van der Waals surface area (Å²) < 4.78 is 15.7. The Balaban J connectivity index is 1.50. The Kier molecular flexibility index (Phi) is 5.78. The minimum atomic E-state index is -0.998. The first-order valence-corrected chi connectivity index (χ1v) is 9.94. The molecule has 4 aromatic rings. The molecule has 0 aliphatic carbocycles. The number of H-pyrrole nitrogens is 1. The molecule has 0 saturated heterocycles. The molecule has 164 valence electrons. The second-order valence-corrected chi connectivity index (χ2v) is 7.95. The van der Waals surface area contributed by atoms with Gasteiger partial charge in [-0.25, -0.2) is 14.4 Å². The summed E-state index contributed by atoms with van der Waals surface area (Å²) in [5, 5.41) is 23.3. The van der Waals surface area contributed by atoms with Gasteiger partial charge in [-0.15, -0.1) is 0 Å². The fraction of sp³-hybridized carbons (Fsp3) is 0.227. The topological polar surface area (TPSA) is 122 Å². The summed E-state index contributed by atoms with van der Waals surface area (Å²) in [4.78, 5) is 20.9. The van der Waals surface area contributed by atoms with Crippen LogP contribution in [0.25, 0.3) is 17.2 Å². The second-order valence-electron chi connectivity index (χ2n) is 7.95. The standard InChI is InChI=1S/C22H22FN7O2/c1-22(2,32)12-25-21(31)15-7-8-19(24-10-15)30-11-18(26-13-30)20-17(27-29-28-20)9-14-5-3-4-6-16(14)23/h3-8,10-11,13,32H,9,12H2,1-2H3,(H,25,31)(H,27,28,29). The van der Waals surface area contributed by atoms with Crippen LogP contribution in [0.15, 0.2) is 55.1 Å². The van der Waals surface area contributed by atoms with Crippen molar-refractivity contribution in [3.8, 4) is 17.2 Å². The monoisotopic (exact) mass is 435 g/mol. The highest BCUT2D eigenvalue weighted by Gasteiger charge is 2.17. The zero-order chi connectivity index (χ0) is 22.7. The zero-order valence-electron chi connectivity index (χ0n) is 17.6. The van der Waals surface area contributed by atoms with Crippen molar-refractivity contribution in [2.75, 3.05) is 6.54 Å². The van der Waals surface area contributed by atoms with E-state index in [-0.39, 0.29) is 24.7 Å². The summed E-state index contributed by atoms with van der Waals surface area (Å²) in [6.45, 7) is 3.36. The molecule has 0 bridgehead atoms. The second kappa shape index (κ2) is 8.67. The molecule has 0 aliphatic heterocycles. The van der Waals surface area contributed by atoms with Crippen molar-refractivity contribution in [1.29, 1.82) is 0 Å². The molecule has 0 fully saturated rings. The van der Waals surface area contributed by atoms with Crippen LogP contribution in [0.1, 0.15) is 35.5 Å². The Bertz CT molecular complexity index is 1230.